The molecule has 5 nitrogen and oxygen atoms in total. The van der Waals surface area contributed by atoms with Crippen molar-refractivity contribution in [3.8, 4) is 0 Å². The van der Waals surface area contributed by atoms with E-state index in [1.54, 1.807) is 22.7 Å². The Bertz CT molecular complexity index is 645. The van der Waals surface area contributed by atoms with Crippen LogP contribution in [-0.2, 0) is 19.4 Å². The molecule has 0 bridgehead atoms. The minimum atomic E-state index is 0.670. The Hall–Kier alpha value is -1.47. The Morgan fingerprint density at radius 3 is 2.65 bits per heavy atom. The summed E-state index contributed by atoms with van der Waals surface area (Å²) in [7, 11) is 0. The van der Waals surface area contributed by atoms with Gasteiger partial charge in [0.1, 0.15) is 0 Å². The van der Waals surface area contributed by atoms with Gasteiger partial charge in [0.15, 0.2) is 5.96 Å². The molecule has 0 atom stereocenters. The van der Waals surface area contributed by atoms with E-state index in [0.717, 1.165) is 48.3 Å². The molecule has 0 radical (unpaired) electrons. The van der Waals surface area contributed by atoms with Crippen LogP contribution in [0.2, 0.25) is 0 Å². The van der Waals surface area contributed by atoms with Gasteiger partial charge in [-0.15, -0.1) is 22.7 Å². The zero-order valence-corrected chi connectivity index (χ0v) is 15.9. The van der Waals surface area contributed by atoms with Crippen molar-refractivity contribution in [2.75, 3.05) is 13.1 Å². The maximum atomic E-state index is 4.66. The first kappa shape index (κ1) is 17.9. The van der Waals surface area contributed by atoms with Crippen LogP contribution in [0, 0.1) is 13.8 Å². The highest BCUT2D eigenvalue weighted by atomic mass is 32.1. The number of rotatable bonds is 7. The van der Waals surface area contributed by atoms with Gasteiger partial charge in [0.2, 0.25) is 0 Å². The fourth-order valence-corrected chi connectivity index (χ4v) is 3.79. The maximum absolute atomic E-state index is 4.66. The van der Waals surface area contributed by atoms with Crippen LogP contribution in [0.15, 0.2) is 10.4 Å². The second-order valence-corrected chi connectivity index (χ2v) is 7.43. The summed E-state index contributed by atoms with van der Waals surface area (Å²) >= 11 is 3.46. The normalized spacial score (nSPS) is 11.7. The molecule has 2 heterocycles. The van der Waals surface area contributed by atoms with E-state index in [1.165, 1.54) is 9.88 Å². The summed E-state index contributed by atoms with van der Waals surface area (Å²) in [6.45, 7) is 10.6. The quantitative estimate of drug-likeness (QED) is 0.594. The van der Waals surface area contributed by atoms with Crippen LogP contribution in [0.4, 0.5) is 0 Å². The van der Waals surface area contributed by atoms with Crippen LogP contribution in [0.5, 0.6) is 0 Å². The highest BCUT2D eigenvalue weighted by molar-refractivity contribution is 7.11. The van der Waals surface area contributed by atoms with E-state index in [2.05, 4.69) is 44.8 Å². The lowest BCUT2D eigenvalue weighted by atomic mass is 10.3. The molecule has 0 saturated carbocycles. The fraction of sp³-hybridized carbons (Fsp3) is 0.562. The van der Waals surface area contributed by atoms with Crippen molar-refractivity contribution in [3.63, 3.8) is 0 Å². The van der Waals surface area contributed by atoms with E-state index in [9.17, 15) is 0 Å². The molecule has 0 fully saturated rings. The Balaban J connectivity index is 1.87. The molecule has 7 heteroatoms. The molecule has 0 unspecified atom stereocenters. The van der Waals surface area contributed by atoms with Crippen LogP contribution in [0.3, 0.4) is 0 Å². The van der Waals surface area contributed by atoms with Gasteiger partial charge in [0, 0.05) is 29.8 Å². The van der Waals surface area contributed by atoms with E-state index in [1.807, 2.05) is 13.8 Å². The first-order valence-corrected chi connectivity index (χ1v) is 9.70. The summed E-state index contributed by atoms with van der Waals surface area (Å²) in [5.74, 6) is 0.851. The molecule has 0 spiro atoms. The molecule has 2 aromatic heterocycles. The Labute approximate surface area is 146 Å². The Morgan fingerprint density at radius 1 is 1.22 bits per heavy atom. The van der Waals surface area contributed by atoms with Crippen LogP contribution >= 0.6 is 22.7 Å². The molecular weight excluding hydrogens is 326 g/mol. The smallest absolute Gasteiger partial charge is 0.191 e. The first-order chi connectivity index (χ1) is 11.1. The SMILES string of the molecule is CCNC(=NCc1sc(C)nc1C)NCCc1csc(CC)n1. The number of nitrogens with one attached hydrogen (secondary N) is 2. The van der Waals surface area contributed by atoms with Crippen molar-refractivity contribution in [2.45, 2.75) is 47.1 Å². The number of nitrogens with zero attached hydrogens (tertiary/aromatic N) is 3. The molecule has 126 valence electrons. The summed E-state index contributed by atoms with van der Waals surface area (Å²) < 4.78 is 0. The van der Waals surface area contributed by atoms with Crippen LogP contribution < -0.4 is 10.6 Å². The van der Waals surface area contributed by atoms with Gasteiger partial charge in [-0.1, -0.05) is 6.92 Å². The summed E-state index contributed by atoms with van der Waals surface area (Å²) in [6.07, 6.45) is 1.93. The van der Waals surface area contributed by atoms with Gasteiger partial charge in [-0.25, -0.2) is 15.0 Å². The largest absolute Gasteiger partial charge is 0.357 e. The molecule has 0 aliphatic heterocycles. The van der Waals surface area contributed by atoms with Crippen LogP contribution in [-0.4, -0.2) is 29.0 Å². The molecule has 0 aliphatic carbocycles. The van der Waals surface area contributed by atoms with Crippen LogP contribution in [0.1, 0.15) is 40.1 Å². The van der Waals surface area contributed by atoms with Gasteiger partial charge in [0.25, 0.3) is 0 Å². The average Bonchev–Trinajstić information content (AvgIpc) is 3.11. The Kier molecular flexibility index (Phi) is 6.98. The van der Waals surface area contributed by atoms with E-state index in [0.29, 0.717) is 6.54 Å². The predicted molar refractivity (Wildman–Crippen MR) is 99.6 cm³/mol. The summed E-state index contributed by atoms with van der Waals surface area (Å²) in [4.78, 5) is 14.9. The standard InChI is InChI=1S/C16H25N5S2/c1-5-15-21-13(10-22-15)7-8-18-16(17-6-2)19-9-14-11(3)20-12(4)23-14/h10H,5-9H2,1-4H3,(H2,17,18,19). The van der Waals surface area contributed by atoms with Crippen molar-refractivity contribution in [1.82, 2.24) is 20.6 Å². The Morgan fingerprint density at radius 2 is 2.04 bits per heavy atom. The summed E-state index contributed by atoms with van der Waals surface area (Å²) in [5.41, 5.74) is 2.24. The topological polar surface area (TPSA) is 62.2 Å². The van der Waals surface area contributed by atoms with E-state index in [4.69, 9.17) is 0 Å². The first-order valence-electron chi connectivity index (χ1n) is 8.00. The molecule has 2 rings (SSSR count). The van der Waals surface area contributed by atoms with E-state index < -0.39 is 0 Å². The number of aliphatic imine (C=N–C) groups is 1. The summed E-state index contributed by atoms with van der Waals surface area (Å²) in [5, 5.41) is 11.1. The molecular formula is C16H25N5S2. The third kappa shape index (κ3) is 5.58. The van der Waals surface area contributed by atoms with Gasteiger partial charge in [-0.05, 0) is 27.2 Å². The van der Waals surface area contributed by atoms with E-state index in [-0.39, 0.29) is 0 Å². The highest BCUT2D eigenvalue weighted by Gasteiger charge is 2.05. The lowest BCUT2D eigenvalue weighted by Gasteiger charge is -2.10. The minimum Gasteiger partial charge on any atom is -0.357 e. The predicted octanol–water partition coefficient (Wildman–Crippen LogP) is 3.08. The van der Waals surface area contributed by atoms with Crippen LogP contribution in [0.25, 0.3) is 0 Å². The lowest BCUT2D eigenvalue weighted by molar-refractivity contribution is 0.789. The van der Waals surface area contributed by atoms with Crippen molar-refractivity contribution in [3.05, 3.63) is 31.7 Å². The molecule has 0 aromatic carbocycles. The lowest BCUT2D eigenvalue weighted by Crippen LogP contribution is -2.38. The van der Waals surface area contributed by atoms with Gasteiger partial charge in [-0.3, -0.25) is 0 Å². The monoisotopic (exact) mass is 351 g/mol. The number of aromatic nitrogens is 2. The average molecular weight is 352 g/mol. The second-order valence-electron chi connectivity index (χ2n) is 5.20. The van der Waals surface area contributed by atoms with Crippen molar-refractivity contribution in [2.24, 2.45) is 4.99 Å². The minimum absolute atomic E-state index is 0.670. The zero-order chi connectivity index (χ0) is 16.7. The number of thiazole rings is 2. The third-order valence-electron chi connectivity index (χ3n) is 3.30. The van der Waals surface area contributed by atoms with Gasteiger partial charge < -0.3 is 10.6 Å². The molecule has 2 N–H and O–H groups in total. The molecule has 2 aromatic rings. The van der Waals surface area contributed by atoms with Gasteiger partial charge in [-0.2, -0.15) is 0 Å². The number of guanidine groups is 1. The number of hydrogen-bond donors (Lipinski definition) is 2. The molecule has 0 saturated heterocycles. The third-order valence-corrected chi connectivity index (χ3v) is 5.40. The van der Waals surface area contributed by atoms with Crippen molar-refractivity contribution in [1.29, 1.82) is 0 Å². The van der Waals surface area contributed by atoms with Crippen molar-refractivity contribution < 1.29 is 0 Å². The fourth-order valence-electron chi connectivity index (χ4n) is 2.15. The highest BCUT2D eigenvalue weighted by Crippen LogP contribution is 2.17. The number of hydrogen-bond acceptors (Lipinski definition) is 5. The number of aryl methyl sites for hydroxylation is 3. The van der Waals surface area contributed by atoms with Gasteiger partial charge in [0.05, 0.1) is 27.9 Å². The van der Waals surface area contributed by atoms with E-state index >= 15 is 0 Å². The molecule has 23 heavy (non-hydrogen) atoms. The van der Waals surface area contributed by atoms with Gasteiger partial charge >= 0.3 is 0 Å². The second kappa shape index (κ2) is 8.98. The molecule has 0 amide bonds. The zero-order valence-electron chi connectivity index (χ0n) is 14.3. The summed E-state index contributed by atoms with van der Waals surface area (Å²) in [6, 6.07) is 0. The molecule has 0 aliphatic rings. The maximum Gasteiger partial charge on any atom is 0.191 e. The van der Waals surface area contributed by atoms with Crippen molar-refractivity contribution >= 4 is 28.6 Å².